The molecule has 1 aliphatic heterocycles. The van der Waals surface area contributed by atoms with Gasteiger partial charge in [-0.2, -0.15) is 5.10 Å². The predicted octanol–water partition coefficient (Wildman–Crippen LogP) is 3.45. The van der Waals surface area contributed by atoms with Gasteiger partial charge >= 0.3 is 0 Å². The van der Waals surface area contributed by atoms with Gasteiger partial charge in [0.05, 0.1) is 17.1 Å². The number of para-hydroxylation sites is 1. The van der Waals surface area contributed by atoms with Gasteiger partial charge < -0.3 is 4.52 Å². The number of aromatic nitrogens is 3. The molecule has 0 aliphatic carbocycles. The third-order valence-corrected chi connectivity index (χ3v) is 5.42. The first-order chi connectivity index (χ1) is 13.1. The topological polar surface area (TPSA) is 50.3 Å². The standard InChI is InChI=1S/C20H24ClN5O/c1-15-12-17(23-27-15)13-24-8-10-25(11-9-24)14-19-16(2)22-26(20(19)21)18-6-4-3-5-7-18/h3-7,12H,8-11,13-14H2,1-2H3. The minimum atomic E-state index is 0.708. The van der Waals surface area contributed by atoms with Gasteiger partial charge in [0.15, 0.2) is 0 Å². The molecule has 1 aromatic carbocycles. The average molecular weight is 386 g/mol. The van der Waals surface area contributed by atoms with Gasteiger partial charge in [-0.3, -0.25) is 9.80 Å². The Bertz CT molecular complexity index is 896. The molecule has 1 fully saturated rings. The maximum atomic E-state index is 6.67. The van der Waals surface area contributed by atoms with Crippen molar-refractivity contribution in [3.63, 3.8) is 0 Å². The highest BCUT2D eigenvalue weighted by molar-refractivity contribution is 6.30. The van der Waals surface area contributed by atoms with E-state index in [9.17, 15) is 0 Å². The fraction of sp³-hybridized carbons (Fsp3) is 0.400. The Balaban J connectivity index is 1.38. The van der Waals surface area contributed by atoms with Crippen LogP contribution in [0, 0.1) is 13.8 Å². The van der Waals surface area contributed by atoms with Gasteiger partial charge in [-0.25, -0.2) is 4.68 Å². The molecule has 0 saturated carbocycles. The molecule has 7 heteroatoms. The van der Waals surface area contributed by atoms with Gasteiger partial charge in [-0.15, -0.1) is 0 Å². The van der Waals surface area contributed by atoms with E-state index in [0.717, 1.165) is 67.7 Å². The third-order valence-electron chi connectivity index (χ3n) is 5.03. The number of hydrogen-bond donors (Lipinski definition) is 0. The van der Waals surface area contributed by atoms with Crippen LogP contribution in [0.1, 0.15) is 22.7 Å². The molecule has 0 bridgehead atoms. The van der Waals surface area contributed by atoms with Crippen molar-refractivity contribution in [1.82, 2.24) is 24.7 Å². The summed E-state index contributed by atoms with van der Waals surface area (Å²) in [6.07, 6.45) is 0. The maximum Gasteiger partial charge on any atom is 0.137 e. The van der Waals surface area contributed by atoms with E-state index in [1.54, 1.807) is 0 Å². The Kier molecular flexibility index (Phi) is 5.29. The highest BCUT2D eigenvalue weighted by atomic mass is 35.5. The first-order valence-corrected chi connectivity index (χ1v) is 9.64. The Hall–Kier alpha value is -2.15. The van der Waals surface area contributed by atoms with Crippen molar-refractivity contribution in [1.29, 1.82) is 0 Å². The van der Waals surface area contributed by atoms with Crippen LogP contribution in [0.4, 0.5) is 0 Å². The molecule has 142 valence electrons. The molecular weight excluding hydrogens is 362 g/mol. The van der Waals surface area contributed by atoms with Crippen LogP contribution < -0.4 is 0 Å². The maximum absolute atomic E-state index is 6.67. The summed E-state index contributed by atoms with van der Waals surface area (Å²) in [4.78, 5) is 4.85. The lowest BCUT2D eigenvalue weighted by molar-refractivity contribution is 0.120. The lowest BCUT2D eigenvalue weighted by atomic mass is 10.2. The van der Waals surface area contributed by atoms with E-state index in [4.69, 9.17) is 16.1 Å². The molecule has 3 aromatic rings. The zero-order chi connectivity index (χ0) is 18.8. The summed E-state index contributed by atoms with van der Waals surface area (Å²) in [5.41, 5.74) is 4.10. The Morgan fingerprint density at radius 2 is 1.67 bits per heavy atom. The van der Waals surface area contributed by atoms with Gasteiger partial charge in [0.2, 0.25) is 0 Å². The number of piperazine rings is 1. The van der Waals surface area contributed by atoms with E-state index in [1.165, 1.54) is 0 Å². The van der Waals surface area contributed by atoms with E-state index in [-0.39, 0.29) is 0 Å². The lowest BCUT2D eigenvalue weighted by Crippen LogP contribution is -2.45. The molecule has 0 atom stereocenters. The normalized spacial score (nSPS) is 16.1. The molecular formula is C20H24ClN5O. The second-order valence-corrected chi connectivity index (χ2v) is 7.44. The van der Waals surface area contributed by atoms with Crippen LogP contribution in [0.5, 0.6) is 0 Å². The predicted molar refractivity (Wildman–Crippen MR) is 105 cm³/mol. The smallest absolute Gasteiger partial charge is 0.137 e. The molecule has 0 N–H and O–H groups in total. The van der Waals surface area contributed by atoms with Crippen LogP contribution in [0.2, 0.25) is 5.15 Å². The molecule has 0 unspecified atom stereocenters. The summed E-state index contributed by atoms with van der Waals surface area (Å²) < 4.78 is 6.99. The quantitative estimate of drug-likeness (QED) is 0.673. The monoisotopic (exact) mass is 385 g/mol. The molecule has 27 heavy (non-hydrogen) atoms. The zero-order valence-corrected chi connectivity index (χ0v) is 16.5. The van der Waals surface area contributed by atoms with Crippen molar-refractivity contribution in [2.75, 3.05) is 26.2 Å². The van der Waals surface area contributed by atoms with E-state index in [2.05, 4.69) is 20.1 Å². The SMILES string of the molecule is Cc1cc(CN2CCN(Cc3c(C)nn(-c4ccccc4)c3Cl)CC2)no1. The average Bonchev–Trinajstić information content (AvgIpc) is 3.21. The fourth-order valence-electron chi connectivity index (χ4n) is 3.50. The second kappa shape index (κ2) is 7.84. The largest absolute Gasteiger partial charge is 0.361 e. The summed E-state index contributed by atoms with van der Waals surface area (Å²) in [6.45, 7) is 9.66. The molecule has 3 heterocycles. The summed E-state index contributed by atoms with van der Waals surface area (Å²) in [6, 6.07) is 12.0. The second-order valence-electron chi connectivity index (χ2n) is 7.08. The Morgan fingerprint density at radius 3 is 2.30 bits per heavy atom. The van der Waals surface area contributed by atoms with E-state index < -0.39 is 0 Å². The number of benzene rings is 1. The minimum absolute atomic E-state index is 0.708. The summed E-state index contributed by atoms with van der Waals surface area (Å²) in [7, 11) is 0. The van der Waals surface area contributed by atoms with Crippen molar-refractivity contribution in [2.24, 2.45) is 0 Å². The van der Waals surface area contributed by atoms with Crippen LogP contribution in [0.25, 0.3) is 5.69 Å². The molecule has 4 rings (SSSR count). The third kappa shape index (κ3) is 4.08. The summed E-state index contributed by atoms with van der Waals surface area (Å²) >= 11 is 6.67. The lowest BCUT2D eigenvalue weighted by Gasteiger charge is -2.34. The van der Waals surface area contributed by atoms with Crippen molar-refractivity contribution in [3.8, 4) is 5.69 Å². The van der Waals surface area contributed by atoms with Crippen molar-refractivity contribution in [2.45, 2.75) is 26.9 Å². The summed E-state index contributed by atoms with van der Waals surface area (Å²) in [5, 5.41) is 9.45. The van der Waals surface area contributed by atoms with Crippen molar-refractivity contribution >= 4 is 11.6 Å². The summed E-state index contributed by atoms with van der Waals surface area (Å²) in [5.74, 6) is 0.865. The first kappa shape index (κ1) is 18.2. The number of aryl methyl sites for hydroxylation is 2. The number of nitrogens with zero attached hydrogens (tertiary/aromatic N) is 5. The highest BCUT2D eigenvalue weighted by Crippen LogP contribution is 2.25. The molecule has 0 spiro atoms. The molecule has 1 aliphatic rings. The van der Waals surface area contributed by atoms with E-state index in [1.807, 2.05) is 54.9 Å². The van der Waals surface area contributed by atoms with Gasteiger partial charge in [0, 0.05) is 50.9 Å². The molecule has 0 amide bonds. The van der Waals surface area contributed by atoms with Crippen LogP contribution in [-0.4, -0.2) is 50.9 Å². The van der Waals surface area contributed by atoms with Gasteiger partial charge in [-0.05, 0) is 26.0 Å². The molecule has 6 nitrogen and oxygen atoms in total. The highest BCUT2D eigenvalue weighted by Gasteiger charge is 2.22. The van der Waals surface area contributed by atoms with Crippen LogP contribution in [-0.2, 0) is 13.1 Å². The van der Waals surface area contributed by atoms with E-state index >= 15 is 0 Å². The molecule has 0 radical (unpaired) electrons. The fourth-order valence-corrected chi connectivity index (χ4v) is 3.83. The van der Waals surface area contributed by atoms with Crippen LogP contribution in [0.15, 0.2) is 40.9 Å². The van der Waals surface area contributed by atoms with Gasteiger partial charge in [0.1, 0.15) is 10.9 Å². The van der Waals surface area contributed by atoms with E-state index in [0.29, 0.717) is 5.15 Å². The van der Waals surface area contributed by atoms with Crippen molar-refractivity contribution < 1.29 is 4.52 Å². The number of hydrogen-bond acceptors (Lipinski definition) is 5. The molecule has 2 aromatic heterocycles. The Morgan fingerprint density at radius 1 is 1.00 bits per heavy atom. The number of rotatable bonds is 5. The van der Waals surface area contributed by atoms with Gasteiger partial charge in [-0.1, -0.05) is 35.0 Å². The zero-order valence-electron chi connectivity index (χ0n) is 15.7. The first-order valence-electron chi connectivity index (χ1n) is 9.26. The Labute approximate surface area is 164 Å². The molecule has 1 saturated heterocycles. The number of halogens is 1. The van der Waals surface area contributed by atoms with Crippen LogP contribution in [0.3, 0.4) is 0 Å². The minimum Gasteiger partial charge on any atom is -0.361 e. The van der Waals surface area contributed by atoms with Crippen LogP contribution >= 0.6 is 11.6 Å². The van der Waals surface area contributed by atoms with Crippen molar-refractivity contribution in [3.05, 3.63) is 64.3 Å². The van der Waals surface area contributed by atoms with Gasteiger partial charge in [0.25, 0.3) is 0 Å².